The highest BCUT2D eigenvalue weighted by molar-refractivity contribution is 7.15. The minimum atomic E-state index is 0.775. The summed E-state index contributed by atoms with van der Waals surface area (Å²) in [6, 6.07) is 2.02. The zero-order chi connectivity index (χ0) is 12.5. The number of thiazole rings is 1. The molecule has 3 aromatic heterocycles. The quantitative estimate of drug-likeness (QED) is 0.778. The zero-order valence-electron chi connectivity index (χ0n) is 10.4. The highest BCUT2D eigenvalue weighted by atomic mass is 32.1. The Morgan fingerprint density at radius 3 is 3.00 bits per heavy atom. The number of rotatable bonds is 4. The average Bonchev–Trinajstić information content (AvgIpc) is 2.99. The number of imidazole rings is 1. The number of fused-ring (bicyclic) bond motifs is 1. The van der Waals surface area contributed by atoms with Gasteiger partial charge in [0, 0.05) is 37.9 Å². The van der Waals surface area contributed by atoms with Gasteiger partial charge in [0.05, 0.1) is 17.1 Å². The topological polar surface area (TPSA) is 47.1 Å². The van der Waals surface area contributed by atoms with E-state index in [0.29, 0.717) is 0 Å². The van der Waals surface area contributed by atoms with Gasteiger partial charge in [0.1, 0.15) is 0 Å². The Balaban J connectivity index is 1.69. The normalized spacial score (nSPS) is 11.4. The van der Waals surface area contributed by atoms with Crippen LogP contribution < -0.4 is 5.32 Å². The van der Waals surface area contributed by atoms with Crippen LogP contribution >= 0.6 is 11.3 Å². The molecule has 0 aliphatic heterocycles. The molecule has 0 fully saturated rings. The molecule has 5 nitrogen and oxygen atoms in total. The Hall–Kier alpha value is -1.66. The van der Waals surface area contributed by atoms with Crippen molar-refractivity contribution < 1.29 is 0 Å². The summed E-state index contributed by atoms with van der Waals surface area (Å²) in [6.45, 7) is 3.63. The van der Waals surface area contributed by atoms with Gasteiger partial charge in [-0.15, -0.1) is 11.3 Å². The third-order valence-corrected chi connectivity index (χ3v) is 3.69. The van der Waals surface area contributed by atoms with Gasteiger partial charge in [-0.05, 0) is 13.0 Å². The van der Waals surface area contributed by atoms with Crippen molar-refractivity contribution in [2.24, 2.45) is 7.05 Å². The lowest BCUT2D eigenvalue weighted by atomic mass is 10.3. The van der Waals surface area contributed by atoms with Crippen LogP contribution in [0.3, 0.4) is 0 Å². The molecular weight excluding hydrogens is 246 g/mol. The molecule has 0 radical (unpaired) electrons. The highest BCUT2D eigenvalue weighted by Gasteiger charge is 2.08. The summed E-state index contributed by atoms with van der Waals surface area (Å²) in [7, 11) is 1.93. The lowest BCUT2D eigenvalue weighted by Crippen LogP contribution is -2.15. The Morgan fingerprint density at radius 2 is 2.22 bits per heavy atom. The van der Waals surface area contributed by atoms with Crippen molar-refractivity contribution >= 4 is 16.3 Å². The van der Waals surface area contributed by atoms with Gasteiger partial charge in [-0.3, -0.25) is 9.08 Å². The van der Waals surface area contributed by atoms with E-state index in [0.717, 1.165) is 29.4 Å². The molecule has 3 heterocycles. The van der Waals surface area contributed by atoms with Crippen molar-refractivity contribution in [3.63, 3.8) is 0 Å². The van der Waals surface area contributed by atoms with Crippen molar-refractivity contribution in [1.29, 1.82) is 0 Å². The number of nitrogens with zero attached hydrogens (tertiary/aromatic N) is 4. The molecule has 0 aromatic carbocycles. The molecule has 3 aromatic rings. The molecule has 1 N–H and O–H groups in total. The number of hydrogen-bond donors (Lipinski definition) is 1. The van der Waals surface area contributed by atoms with Gasteiger partial charge in [0.2, 0.25) is 0 Å². The number of nitrogens with one attached hydrogen (secondary N) is 1. The Labute approximate surface area is 109 Å². The van der Waals surface area contributed by atoms with E-state index < -0.39 is 0 Å². The summed E-state index contributed by atoms with van der Waals surface area (Å²) >= 11 is 1.66. The summed E-state index contributed by atoms with van der Waals surface area (Å²) in [4.78, 5) is 5.58. The highest BCUT2D eigenvalue weighted by Crippen LogP contribution is 2.16. The van der Waals surface area contributed by atoms with Gasteiger partial charge in [0.25, 0.3) is 0 Å². The van der Waals surface area contributed by atoms with Gasteiger partial charge in [-0.2, -0.15) is 5.10 Å². The molecule has 0 spiro atoms. The van der Waals surface area contributed by atoms with E-state index in [1.54, 1.807) is 11.3 Å². The predicted molar refractivity (Wildman–Crippen MR) is 71.6 cm³/mol. The molecule has 94 valence electrons. The van der Waals surface area contributed by atoms with E-state index in [4.69, 9.17) is 0 Å². The molecule has 0 amide bonds. The Morgan fingerprint density at radius 1 is 1.33 bits per heavy atom. The fourth-order valence-corrected chi connectivity index (χ4v) is 2.80. The second-order valence-corrected chi connectivity index (χ2v) is 5.16. The first-order valence-electron chi connectivity index (χ1n) is 5.84. The van der Waals surface area contributed by atoms with Crippen LogP contribution in [0.2, 0.25) is 0 Å². The number of aromatic nitrogens is 4. The maximum absolute atomic E-state index is 4.52. The van der Waals surface area contributed by atoms with Gasteiger partial charge in [-0.25, -0.2) is 4.98 Å². The molecule has 6 heteroatoms. The average molecular weight is 261 g/mol. The summed E-state index contributed by atoms with van der Waals surface area (Å²) in [5, 5.41) is 9.81. The van der Waals surface area contributed by atoms with Crippen molar-refractivity contribution in [2.75, 3.05) is 0 Å². The van der Waals surface area contributed by atoms with Crippen molar-refractivity contribution in [3.05, 3.63) is 40.9 Å². The van der Waals surface area contributed by atoms with E-state index in [1.807, 2.05) is 24.0 Å². The number of hydrogen-bond acceptors (Lipinski definition) is 4. The standard InChI is InChI=1S/C12H15N5S/c1-9-11(17-5-6-18-12(17)14-9)8-13-7-10-3-4-16(2)15-10/h3-6,13H,7-8H2,1-2H3. The summed E-state index contributed by atoms with van der Waals surface area (Å²) in [5.41, 5.74) is 3.37. The SMILES string of the molecule is Cc1nc2sccn2c1CNCc1ccn(C)n1. The first-order chi connectivity index (χ1) is 8.74. The minimum absolute atomic E-state index is 0.775. The van der Waals surface area contributed by atoms with Crippen LogP contribution in [-0.4, -0.2) is 19.2 Å². The van der Waals surface area contributed by atoms with Crippen LogP contribution in [-0.2, 0) is 20.1 Å². The monoisotopic (exact) mass is 261 g/mol. The van der Waals surface area contributed by atoms with Gasteiger partial charge >= 0.3 is 0 Å². The molecule has 0 unspecified atom stereocenters. The van der Waals surface area contributed by atoms with Crippen molar-refractivity contribution in [3.8, 4) is 0 Å². The smallest absolute Gasteiger partial charge is 0.194 e. The van der Waals surface area contributed by atoms with Gasteiger partial charge in [-0.1, -0.05) is 0 Å². The first-order valence-corrected chi connectivity index (χ1v) is 6.72. The van der Waals surface area contributed by atoms with Crippen molar-refractivity contribution in [2.45, 2.75) is 20.0 Å². The van der Waals surface area contributed by atoms with E-state index in [2.05, 4.69) is 38.3 Å². The molecule has 0 aliphatic rings. The molecular formula is C12H15N5S. The van der Waals surface area contributed by atoms with Crippen LogP contribution in [0.5, 0.6) is 0 Å². The van der Waals surface area contributed by atoms with E-state index in [9.17, 15) is 0 Å². The van der Waals surface area contributed by atoms with Crippen LogP contribution in [0.1, 0.15) is 17.1 Å². The fourth-order valence-electron chi connectivity index (χ4n) is 2.02. The molecule has 0 saturated carbocycles. The number of aryl methyl sites for hydroxylation is 2. The zero-order valence-corrected chi connectivity index (χ0v) is 11.2. The minimum Gasteiger partial charge on any atom is -0.305 e. The molecule has 0 saturated heterocycles. The lowest BCUT2D eigenvalue weighted by molar-refractivity contribution is 0.643. The van der Waals surface area contributed by atoms with E-state index >= 15 is 0 Å². The maximum Gasteiger partial charge on any atom is 0.194 e. The van der Waals surface area contributed by atoms with Gasteiger partial charge in [0.15, 0.2) is 4.96 Å². The Kier molecular flexibility index (Phi) is 2.89. The first kappa shape index (κ1) is 11.4. The van der Waals surface area contributed by atoms with Crippen molar-refractivity contribution in [1.82, 2.24) is 24.5 Å². The van der Waals surface area contributed by atoms with E-state index in [-0.39, 0.29) is 0 Å². The van der Waals surface area contributed by atoms with Crippen LogP contribution in [0, 0.1) is 6.92 Å². The maximum atomic E-state index is 4.52. The molecule has 0 aliphatic carbocycles. The third-order valence-electron chi connectivity index (χ3n) is 2.93. The molecule has 3 rings (SSSR count). The van der Waals surface area contributed by atoms with Crippen LogP contribution in [0.25, 0.3) is 4.96 Å². The molecule has 0 atom stereocenters. The fraction of sp³-hybridized carbons (Fsp3) is 0.333. The summed E-state index contributed by atoms with van der Waals surface area (Å²) in [6.07, 6.45) is 4.02. The summed E-state index contributed by atoms with van der Waals surface area (Å²) < 4.78 is 3.96. The van der Waals surface area contributed by atoms with Crippen LogP contribution in [0.4, 0.5) is 0 Å². The van der Waals surface area contributed by atoms with Gasteiger partial charge < -0.3 is 5.32 Å². The summed E-state index contributed by atoms with van der Waals surface area (Å²) in [5.74, 6) is 0. The lowest BCUT2D eigenvalue weighted by Gasteiger charge is -2.03. The van der Waals surface area contributed by atoms with E-state index in [1.165, 1.54) is 5.69 Å². The second kappa shape index (κ2) is 4.55. The molecule has 0 bridgehead atoms. The predicted octanol–water partition coefficient (Wildman–Crippen LogP) is 1.73. The third kappa shape index (κ3) is 2.04. The Bertz CT molecular complexity index is 663. The van der Waals surface area contributed by atoms with Crippen LogP contribution in [0.15, 0.2) is 23.8 Å². The largest absolute Gasteiger partial charge is 0.305 e. The second-order valence-electron chi connectivity index (χ2n) is 4.28. The molecule has 18 heavy (non-hydrogen) atoms.